The number of halogens is 1. The molecule has 0 saturated heterocycles. The summed E-state index contributed by atoms with van der Waals surface area (Å²) in [5, 5.41) is 17.6. The number of hydrogen-bond acceptors (Lipinski definition) is 2. The van der Waals surface area contributed by atoms with Crippen molar-refractivity contribution in [2.24, 2.45) is 5.73 Å². The lowest BCUT2D eigenvalue weighted by Gasteiger charge is -2.20. The highest BCUT2D eigenvalue weighted by atomic mass is 35.5. The number of guanidine groups is 2. The summed E-state index contributed by atoms with van der Waals surface area (Å²) in [6.07, 6.45) is 0. The van der Waals surface area contributed by atoms with E-state index in [1.54, 1.807) is 36.2 Å². The fourth-order valence-electron chi connectivity index (χ4n) is 1.01. The number of nitrogens with two attached hydrogens (primary N) is 1. The van der Waals surface area contributed by atoms with Gasteiger partial charge in [-0.2, -0.15) is 0 Å². The second kappa shape index (κ2) is 4.65. The lowest BCUT2D eigenvalue weighted by Crippen LogP contribution is -2.44. The molecule has 0 radical (unpaired) electrons. The van der Waals surface area contributed by atoms with Crippen LogP contribution in [0.4, 0.5) is 5.69 Å². The van der Waals surface area contributed by atoms with Crippen molar-refractivity contribution < 1.29 is 0 Å². The molecule has 80 valence electrons. The first kappa shape index (κ1) is 11.3. The third-order valence-corrected chi connectivity index (χ3v) is 2.05. The van der Waals surface area contributed by atoms with Crippen LogP contribution < -0.4 is 16.0 Å². The second-order valence-electron chi connectivity index (χ2n) is 2.92. The number of nitrogens with one attached hydrogen (secondary N) is 3. The van der Waals surface area contributed by atoms with Crippen LogP contribution in [0.3, 0.4) is 0 Å². The van der Waals surface area contributed by atoms with Gasteiger partial charge in [-0.25, -0.2) is 0 Å². The van der Waals surface area contributed by atoms with Crippen LogP contribution in [0.5, 0.6) is 0 Å². The van der Waals surface area contributed by atoms with Gasteiger partial charge in [-0.1, -0.05) is 11.6 Å². The molecule has 0 amide bonds. The highest BCUT2D eigenvalue weighted by Crippen LogP contribution is 2.16. The van der Waals surface area contributed by atoms with Gasteiger partial charge in [-0.05, 0) is 24.3 Å². The summed E-state index contributed by atoms with van der Waals surface area (Å²) < 4.78 is 0. The van der Waals surface area contributed by atoms with Gasteiger partial charge in [0.2, 0.25) is 5.96 Å². The van der Waals surface area contributed by atoms with Gasteiger partial charge in [0.25, 0.3) is 0 Å². The van der Waals surface area contributed by atoms with E-state index in [1.165, 1.54) is 0 Å². The molecule has 5 N–H and O–H groups in total. The zero-order valence-corrected chi connectivity index (χ0v) is 8.97. The van der Waals surface area contributed by atoms with Crippen LogP contribution in [0.15, 0.2) is 24.3 Å². The van der Waals surface area contributed by atoms with E-state index in [4.69, 9.17) is 28.2 Å². The summed E-state index contributed by atoms with van der Waals surface area (Å²) in [6.45, 7) is 0. The molecule has 5 nitrogen and oxygen atoms in total. The minimum Gasteiger partial charge on any atom is -0.370 e. The molecule has 0 atom stereocenters. The molecule has 0 aromatic heterocycles. The molecular weight excluding hydrogens is 214 g/mol. The first-order valence-corrected chi connectivity index (χ1v) is 4.57. The monoisotopic (exact) mass is 225 g/mol. The molecule has 0 fully saturated rings. The van der Waals surface area contributed by atoms with E-state index >= 15 is 0 Å². The maximum absolute atomic E-state index is 7.58. The molecule has 0 aliphatic carbocycles. The largest absolute Gasteiger partial charge is 0.370 e. The Balaban J connectivity index is 2.76. The molecule has 0 spiro atoms. The van der Waals surface area contributed by atoms with Crippen LogP contribution in [0.1, 0.15) is 0 Å². The van der Waals surface area contributed by atoms with E-state index in [1.807, 2.05) is 0 Å². The third-order valence-electron chi connectivity index (χ3n) is 1.80. The zero-order valence-electron chi connectivity index (χ0n) is 8.21. The van der Waals surface area contributed by atoms with Gasteiger partial charge >= 0.3 is 0 Å². The molecular formula is C9H12ClN5. The first-order chi connectivity index (χ1) is 7.00. The predicted molar refractivity (Wildman–Crippen MR) is 62.6 cm³/mol. The molecule has 0 saturated carbocycles. The van der Waals surface area contributed by atoms with Crippen molar-refractivity contribution in [3.63, 3.8) is 0 Å². The van der Waals surface area contributed by atoms with Gasteiger partial charge in [0.15, 0.2) is 5.96 Å². The van der Waals surface area contributed by atoms with Crippen molar-refractivity contribution in [2.45, 2.75) is 0 Å². The normalized spacial score (nSPS) is 9.47. The molecule has 1 aromatic carbocycles. The minimum absolute atomic E-state index is 0.0322. The van der Waals surface area contributed by atoms with Crippen molar-refractivity contribution in [3.05, 3.63) is 29.3 Å². The number of rotatable bonds is 1. The number of benzene rings is 1. The predicted octanol–water partition coefficient (Wildman–Crippen LogP) is 1.19. The van der Waals surface area contributed by atoms with E-state index in [2.05, 4.69) is 5.32 Å². The van der Waals surface area contributed by atoms with Crippen molar-refractivity contribution in [2.75, 3.05) is 11.9 Å². The summed E-state index contributed by atoms with van der Waals surface area (Å²) in [5.74, 6) is -0.231. The summed E-state index contributed by atoms with van der Waals surface area (Å²) in [7, 11) is 1.70. The fourth-order valence-corrected chi connectivity index (χ4v) is 1.13. The minimum atomic E-state index is -0.263. The Morgan fingerprint density at radius 2 is 1.87 bits per heavy atom. The van der Waals surface area contributed by atoms with E-state index < -0.39 is 0 Å². The Bertz CT molecular complexity index is 373. The highest BCUT2D eigenvalue weighted by molar-refractivity contribution is 6.30. The highest BCUT2D eigenvalue weighted by Gasteiger charge is 2.06. The topological polar surface area (TPSA) is 89.0 Å². The Hall–Kier alpha value is -1.75. The van der Waals surface area contributed by atoms with E-state index in [0.29, 0.717) is 5.02 Å². The first-order valence-electron chi connectivity index (χ1n) is 4.19. The zero-order chi connectivity index (χ0) is 11.4. The van der Waals surface area contributed by atoms with Crippen molar-refractivity contribution in [1.29, 1.82) is 10.8 Å². The fraction of sp³-hybridized carbons (Fsp3) is 0.111. The van der Waals surface area contributed by atoms with Crippen molar-refractivity contribution in [3.8, 4) is 0 Å². The maximum atomic E-state index is 7.58. The maximum Gasteiger partial charge on any atom is 0.202 e. The van der Waals surface area contributed by atoms with E-state index in [0.717, 1.165) is 5.69 Å². The summed E-state index contributed by atoms with van der Waals surface area (Å²) in [5.41, 5.74) is 5.91. The molecule has 1 rings (SSSR count). The quantitative estimate of drug-likeness (QED) is 0.428. The van der Waals surface area contributed by atoms with Gasteiger partial charge in [0.1, 0.15) is 0 Å². The summed E-state index contributed by atoms with van der Waals surface area (Å²) in [4.78, 5) is 1.55. The van der Waals surface area contributed by atoms with Crippen LogP contribution in [0.2, 0.25) is 5.02 Å². The van der Waals surface area contributed by atoms with Crippen LogP contribution in [0.25, 0.3) is 0 Å². The number of hydrogen-bond donors (Lipinski definition) is 4. The SMILES string of the molecule is CN(C(=N)NC(=N)N)c1ccc(Cl)cc1. The van der Waals surface area contributed by atoms with Crippen LogP contribution in [0, 0.1) is 10.8 Å². The molecule has 1 aromatic rings. The number of nitrogens with zero attached hydrogens (tertiary/aromatic N) is 1. The average molecular weight is 226 g/mol. The molecule has 0 aliphatic rings. The Morgan fingerprint density at radius 1 is 1.33 bits per heavy atom. The lowest BCUT2D eigenvalue weighted by atomic mass is 10.3. The van der Waals surface area contributed by atoms with Crippen molar-refractivity contribution in [1.82, 2.24) is 5.32 Å². The Labute approximate surface area is 92.8 Å². The lowest BCUT2D eigenvalue weighted by molar-refractivity contribution is 1.11. The second-order valence-corrected chi connectivity index (χ2v) is 3.36. The van der Waals surface area contributed by atoms with Gasteiger partial charge in [-0.3, -0.25) is 16.1 Å². The molecule has 0 heterocycles. The Kier molecular flexibility index (Phi) is 3.51. The van der Waals surface area contributed by atoms with Crippen LogP contribution >= 0.6 is 11.6 Å². The molecule has 0 aliphatic heterocycles. The van der Waals surface area contributed by atoms with Gasteiger partial charge in [0, 0.05) is 17.8 Å². The molecule has 15 heavy (non-hydrogen) atoms. The number of anilines is 1. The summed E-state index contributed by atoms with van der Waals surface area (Å²) >= 11 is 5.74. The Morgan fingerprint density at radius 3 is 2.33 bits per heavy atom. The molecule has 0 unspecified atom stereocenters. The average Bonchev–Trinajstić information content (AvgIpc) is 2.17. The molecule has 0 bridgehead atoms. The standard InChI is InChI=1S/C9H12ClN5/c1-15(9(13)14-8(11)12)7-4-2-6(10)3-5-7/h2-5H,1H3,(H5,11,12,13,14). The van der Waals surface area contributed by atoms with Gasteiger partial charge < -0.3 is 10.6 Å². The van der Waals surface area contributed by atoms with Gasteiger partial charge in [0.05, 0.1) is 0 Å². The van der Waals surface area contributed by atoms with Crippen LogP contribution in [-0.2, 0) is 0 Å². The summed E-state index contributed by atoms with van der Waals surface area (Å²) in [6, 6.07) is 7.01. The van der Waals surface area contributed by atoms with Crippen LogP contribution in [-0.4, -0.2) is 19.0 Å². The van der Waals surface area contributed by atoms with Crippen molar-refractivity contribution >= 4 is 29.2 Å². The van der Waals surface area contributed by atoms with E-state index in [9.17, 15) is 0 Å². The smallest absolute Gasteiger partial charge is 0.202 e. The van der Waals surface area contributed by atoms with E-state index in [-0.39, 0.29) is 11.9 Å². The third kappa shape index (κ3) is 3.14. The molecule has 6 heteroatoms. The van der Waals surface area contributed by atoms with Gasteiger partial charge in [-0.15, -0.1) is 0 Å².